The zero-order valence-electron chi connectivity index (χ0n) is 10.2. The Morgan fingerprint density at radius 1 is 1.42 bits per heavy atom. The first-order valence-electron chi connectivity index (χ1n) is 5.35. The van der Waals surface area contributed by atoms with E-state index in [4.69, 9.17) is 10.2 Å². The number of nitrogens with one attached hydrogen (secondary N) is 2. The van der Waals surface area contributed by atoms with Crippen molar-refractivity contribution in [2.75, 3.05) is 0 Å². The molecule has 0 aliphatic carbocycles. The van der Waals surface area contributed by atoms with Crippen LogP contribution in [0.15, 0.2) is 12.4 Å². The molecule has 104 valence electrons. The molecule has 9 heteroatoms. The van der Waals surface area contributed by atoms with E-state index < -0.39 is 30.4 Å². The number of hydrogen-bond donors (Lipinski definition) is 4. The molecule has 9 nitrogen and oxygen atoms in total. The summed E-state index contributed by atoms with van der Waals surface area (Å²) < 4.78 is 1.69. The Balaban J connectivity index is 2.47. The fraction of sp³-hybridized carbons (Fsp3) is 0.400. The molecule has 1 rings (SSSR count). The second-order valence-corrected chi connectivity index (χ2v) is 3.77. The molecule has 4 N–H and O–H groups in total. The first-order valence-corrected chi connectivity index (χ1v) is 5.35. The Morgan fingerprint density at radius 3 is 2.58 bits per heavy atom. The van der Waals surface area contributed by atoms with E-state index in [0.717, 1.165) is 0 Å². The Morgan fingerprint density at radius 2 is 2.11 bits per heavy atom. The van der Waals surface area contributed by atoms with Gasteiger partial charge >= 0.3 is 18.0 Å². The van der Waals surface area contributed by atoms with Crippen LogP contribution in [0.5, 0.6) is 0 Å². The van der Waals surface area contributed by atoms with Crippen molar-refractivity contribution in [2.45, 2.75) is 19.0 Å². The SMILES string of the molecule is Cn1ccnc1CNC(=O)N[C@H](CC(=O)O)C(=O)O. The highest BCUT2D eigenvalue weighted by Gasteiger charge is 2.22. The van der Waals surface area contributed by atoms with Gasteiger partial charge in [0.25, 0.3) is 0 Å². The molecule has 0 aliphatic rings. The molecule has 1 heterocycles. The second-order valence-electron chi connectivity index (χ2n) is 3.77. The first kappa shape index (κ1) is 14.5. The summed E-state index contributed by atoms with van der Waals surface area (Å²) in [5, 5.41) is 21.7. The third kappa shape index (κ3) is 4.66. The fourth-order valence-electron chi connectivity index (χ4n) is 1.31. The van der Waals surface area contributed by atoms with Crippen molar-refractivity contribution in [2.24, 2.45) is 7.05 Å². The average Bonchev–Trinajstić information content (AvgIpc) is 2.70. The van der Waals surface area contributed by atoms with E-state index >= 15 is 0 Å². The third-order valence-electron chi connectivity index (χ3n) is 2.31. The van der Waals surface area contributed by atoms with Crippen molar-refractivity contribution >= 4 is 18.0 Å². The van der Waals surface area contributed by atoms with Crippen LogP contribution in [-0.2, 0) is 23.2 Å². The van der Waals surface area contributed by atoms with Gasteiger partial charge in [0.1, 0.15) is 11.9 Å². The number of rotatable bonds is 6. The summed E-state index contributed by atoms with van der Waals surface area (Å²) in [7, 11) is 1.74. The molecule has 0 aliphatic heterocycles. The molecule has 0 bridgehead atoms. The number of aliphatic carboxylic acids is 2. The summed E-state index contributed by atoms with van der Waals surface area (Å²) in [6, 6.07) is -2.24. The maximum atomic E-state index is 11.4. The van der Waals surface area contributed by atoms with E-state index in [9.17, 15) is 14.4 Å². The minimum Gasteiger partial charge on any atom is -0.481 e. The lowest BCUT2D eigenvalue weighted by atomic mass is 10.2. The summed E-state index contributed by atoms with van der Waals surface area (Å²) in [4.78, 5) is 36.6. The summed E-state index contributed by atoms with van der Waals surface area (Å²) >= 11 is 0. The van der Waals surface area contributed by atoms with Crippen LogP contribution in [0.25, 0.3) is 0 Å². The van der Waals surface area contributed by atoms with E-state index in [1.54, 1.807) is 24.0 Å². The van der Waals surface area contributed by atoms with Gasteiger partial charge in [-0.05, 0) is 0 Å². The second kappa shape index (κ2) is 6.38. The number of amides is 2. The van der Waals surface area contributed by atoms with Crippen LogP contribution in [0.1, 0.15) is 12.2 Å². The Hall–Kier alpha value is -2.58. The van der Waals surface area contributed by atoms with Crippen molar-refractivity contribution in [3.8, 4) is 0 Å². The molecule has 0 spiro atoms. The van der Waals surface area contributed by atoms with Gasteiger partial charge in [-0.3, -0.25) is 4.79 Å². The standard InChI is InChI=1S/C10H14N4O5/c1-14-3-2-11-7(14)5-12-10(19)13-6(9(17)18)4-8(15)16/h2-3,6H,4-5H2,1H3,(H,15,16)(H,17,18)(H2,12,13,19)/t6-/m1/s1. The number of carbonyl (C=O) groups is 3. The highest BCUT2D eigenvalue weighted by atomic mass is 16.4. The molecule has 1 atom stereocenters. The normalized spacial score (nSPS) is 11.6. The number of aromatic nitrogens is 2. The monoisotopic (exact) mass is 270 g/mol. The third-order valence-corrected chi connectivity index (χ3v) is 2.31. The predicted octanol–water partition coefficient (Wildman–Crippen LogP) is -0.853. The molecule has 0 aromatic carbocycles. The van der Waals surface area contributed by atoms with Gasteiger partial charge < -0.3 is 25.4 Å². The number of carbonyl (C=O) groups excluding carboxylic acids is 1. The highest BCUT2D eigenvalue weighted by Crippen LogP contribution is 1.95. The van der Waals surface area contributed by atoms with Crippen molar-refractivity contribution in [3.63, 3.8) is 0 Å². The lowest BCUT2D eigenvalue weighted by molar-refractivity contribution is -0.145. The van der Waals surface area contributed by atoms with Crippen molar-refractivity contribution in [1.82, 2.24) is 20.2 Å². The van der Waals surface area contributed by atoms with E-state index in [1.165, 1.54) is 0 Å². The molecule has 0 fully saturated rings. The lowest BCUT2D eigenvalue weighted by Crippen LogP contribution is -2.46. The smallest absolute Gasteiger partial charge is 0.326 e. The van der Waals surface area contributed by atoms with Crippen LogP contribution in [0.2, 0.25) is 0 Å². The molecule has 0 radical (unpaired) electrons. The highest BCUT2D eigenvalue weighted by molar-refractivity contribution is 5.86. The summed E-state index contributed by atoms with van der Waals surface area (Å²) in [6.45, 7) is 0.106. The number of urea groups is 1. The quantitative estimate of drug-likeness (QED) is 0.532. The molecule has 0 saturated carbocycles. The zero-order chi connectivity index (χ0) is 14.4. The summed E-state index contributed by atoms with van der Waals surface area (Å²) in [6.07, 6.45) is 2.56. The van der Waals surface area contributed by atoms with Gasteiger partial charge in [0.05, 0.1) is 13.0 Å². The number of carboxylic acids is 2. The van der Waals surface area contributed by atoms with Crippen LogP contribution < -0.4 is 10.6 Å². The van der Waals surface area contributed by atoms with E-state index in [1.807, 2.05) is 0 Å². The number of aryl methyl sites for hydroxylation is 1. The molecule has 1 aromatic rings. The molecular weight excluding hydrogens is 256 g/mol. The largest absolute Gasteiger partial charge is 0.481 e. The molecule has 0 unspecified atom stereocenters. The van der Waals surface area contributed by atoms with Crippen LogP contribution in [0.4, 0.5) is 4.79 Å². The van der Waals surface area contributed by atoms with Crippen LogP contribution in [0, 0.1) is 0 Å². The van der Waals surface area contributed by atoms with Crippen molar-refractivity contribution in [1.29, 1.82) is 0 Å². The van der Waals surface area contributed by atoms with E-state index in [0.29, 0.717) is 5.82 Å². The average molecular weight is 270 g/mol. The molecular formula is C10H14N4O5. The number of imidazole rings is 1. The Bertz CT molecular complexity index is 484. The van der Waals surface area contributed by atoms with Gasteiger partial charge in [-0.1, -0.05) is 0 Å². The van der Waals surface area contributed by atoms with Gasteiger partial charge in [0, 0.05) is 19.4 Å². The minimum atomic E-state index is -1.47. The maximum absolute atomic E-state index is 11.4. The van der Waals surface area contributed by atoms with Gasteiger partial charge in [0.15, 0.2) is 0 Å². The predicted molar refractivity (Wildman–Crippen MR) is 62.3 cm³/mol. The van der Waals surface area contributed by atoms with Crippen LogP contribution in [-0.4, -0.2) is 43.8 Å². The van der Waals surface area contributed by atoms with Gasteiger partial charge in [-0.2, -0.15) is 0 Å². The Kier molecular flexibility index (Phi) is 4.86. The summed E-state index contributed by atoms with van der Waals surface area (Å²) in [5.74, 6) is -2.13. The number of carboxylic acid groups (broad SMARTS) is 2. The molecule has 0 saturated heterocycles. The summed E-state index contributed by atoms with van der Waals surface area (Å²) in [5.41, 5.74) is 0. The maximum Gasteiger partial charge on any atom is 0.326 e. The number of nitrogens with zero attached hydrogens (tertiary/aromatic N) is 2. The van der Waals surface area contributed by atoms with Crippen molar-refractivity contribution < 1.29 is 24.6 Å². The minimum absolute atomic E-state index is 0.106. The van der Waals surface area contributed by atoms with E-state index in [2.05, 4.69) is 15.6 Å². The van der Waals surface area contributed by atoms with E-state index in [-0.39, 0.29) is 6.54 Å². The Labute approximate surface area is 108 Å². The number of hydrogen-bond acceptors (Lipinski definition) is 4. The molecule has 2 amide bonds. The van der Waals surface area contributed by atoms with Crippen LogP contribution in [0.3, 0.4) is 0 Å². The van der Waals surface area contributed by atoms with Crippen LogP contribution >= 0.6 is 0 Å². The van der Waals surface area contributed by atoms with Gasteiger partial charge in [0.2, 0.25) is 0 Å². The van der Waals surface area contributed by atoms with Gasteiger partial charge in [-0.25, -0.2) is 14.6 Å². The zero-order valence-corrected chi connectivity index (χ0v) is 10.2. The molecule has 1 aromatic heterocycles. The fourth-order valence-corrected chi connectivity index (χ4v) is 1.31. The van der Waals surface area contributed by atoms with Crippen molar-refractivity contribution in [3.05, 3.63) is 18.2 Å². The van der Waals surface area contributed by atoms with Gasteiger partial charge in [-0.15, -0.1) is 0 Å². The lowest BCUT2D eigenvalue weighted by Gasteiger charge is -2.13. The topological polar surface area (TPSA) is 134 Å². The molecule has 19 heavy (non-hydrogen) atoms. The first-order chi connectivity index (χ1) is 8.90.